The first kappa shape index (κ1) is 12.3. The monoisotopic (exact) mass is 265 g/mol. The number of nitrogens with zero attached hydrogens (tertiary/aromatic N) is 1. The third-order valence-corrected chi connectivity index (χ3v) is 2.53. The van der Waals surface area contributed by atoms with Gasteiger partial charge in [0.2, 0.25) is 0 Å². The van der Waals surface area contributed by atoms with Crippen LogP contribution in [-0.4, -0.2) is 10.9 Å². The molecule has 2 aromatic rings. The number of carbonyl (C=O) groups is 1. The Kier molecular flexibility index (Phi) is 3.43. The summed E-state index contributed by atoms with van der Waals surface area (Å²) in [6, 6.07) is 7.21. The van der Waals surface area contributed by atoms with Crippen molar-refractivity contribution < 1.29 is 9.18 Å². The lowest BCUT2D eigenvalue weighted by Gasteiger charge is -2.07. The van der Waals surface area contributed by atoms with Crippen molar-refractivity contribution in [1.29, 1.82) is 0 Å². The van der Waals surface area contributed by atoms with E-state index >= 15 is 0 Å². The number of halogens is 2. The van der Waals surface area contributed by atoms with Gasteiger partial charge in [-0.1, -0.05) is 23.7 Å². The number of para-hydroxylation sites is 1. The van der Waals surface area contributed by atoms with Crippen molar-refractivity contribution in [2.24, 2.45) is 0 Å². The third kappa shape index (κ3) is 2.57. The van der Waals surface area contributed by atoms with Crippen LogP contribution in [0.1, 0.15) is 10.4 Å². The van der Waals surface area contributed by atoms with Crippen LogP contribution in [0.5, 0.6) is 0 Å². The molecule has 0 saturated heterocycles. The number of amides is 1. The van der Waals surface area contributed by atoms with Gasteiger partial charge in [-0.05, 0) is 18.2 Å². The van der Waals surface area contributed by atoms with Gasteiger partial charge in [0.05, 0.1) is 23.1 Å². The summed E-state index contributed by atoms with van der Waals surface area (Å²) in [5, 5.41) is 2.41. The molecule has 4 nitrogen and oxygen atoms in total. The molecule has 6 heteroatoms. The summed E-state index contributed by atoms with van der Waals surface area (Å²) in [5.41, 5.74) is 5.98. The molecule has 18 heavy (non-hydrogen) atoms. The highest BCUT2D eigenvalue weighted by atomic mass is 35.5. The molecular formula is C12H9ClFN3O. The van der Waals surface area contributed by atoms with E-state index in [4.69, 9.17) is 17.3 Å². The van der Waals surface area contributed by atoms with E-state index in [0.717, 1.165) is 0 Å². The first-order valence-corrected chi connectivity index (χ1v) is 5.42. The molecule has 1 heterocycles. The Balaban J connectivity index is 2.28. The third-order valence-electron chi connectivity index (χ3n) is 2.23. The maximum atomic E-state index is 13.4. The van der Waals surface area contributed by atoms with E-state index in [-0.39, 0.29) is 16.4 Å². The number of rotatable bonds is 2. The molecule has 0 fully saturated rings. The van der Waals surface area contributed by atoms with E-state index in [1.807, 2.05) is 0 Å². The number of aromatic nitrogens is 1. The molecule has 1 amide bonds. The summed E-state index contributed by atoms with van der Waals surface area (Å²) < 4.78 is 13.4. The van der Waals surface area contributed by atoms with Crippen LogP contribution >= 0.6 is 11.6 Å². The molecular weight excluding hydrogens is 257 g/mol. The molecule has 0 bridgehead atoms. The second-order valence-corrected chi connectivity index (χ2v) is 3.90. The molecule has 1 aromatic heterocycles. The van der Waals surface area contributed by atoms with Gasteiger partial charge < -0.3 is 11.1 Å². The van der Waals surface area contributed by atoms with Crippen LogP contribution in [-0.2, 0) is 0 Å². The Morgan fingerprint density at radius 3 is 2.83 bits per heavy atom. The lowest BCUT2D eigenvalue weighted by Crippen LogP contribution is -2.14. The van der Waals surface area contributed by atoms with E-state index in [2.05, 4.69) is 10.3 Å². The fraction of sp³-hybridized carbons (Fsp3) is 0. The minimum atomic E-state index is -0.565. The van der Waals surface area contributed by atoms with Crippen LogP contribution in [0.25, 0.3) is 0 Å². The summed E-state index contributed by atoms with van der Waals surface area (Å²) in [5.74, 6) is -1.09. The largest absolute Gasteiger partial charge is 0.397 e. The zero-order valence-electron chi connectivity index (χ0n) is 9.15. The van der Waals surface area contributed by atoms with Crippen molar-refractivity contribution in [3.63, 3.8) is 0 Å². The van der Waals surface area contributed by atoms with Crippen LogP contribution in [0.2, 0.25) is 5.15 Å². The second kappa shape index (κ2) is 5.01. The highest BCUT2D eigenvalue weighted by Gasteiger charge is 2.13. The number of benzene rings is 1. The van der Waals surface area contributed by atoms with Crippen LogP contribution in [0, 0.1) is 5.82 Å². The molecule has 0 atom stereocenters. The van der Waals surface area contributed by atoms with E-state index in [1.54, 1.807) is 6.07 Å². The predicted molar refractivity (Wildman–Crippen MR) is 68.0 cm³/mol. The minimum Gasteiger partial charge on any atom is -0.397 e. The normalized spacial score (nSPS) is 10.1. The van der Waals surface area contributed by atoms with Crippen molar-refractivity contribution >= 4 is 28.9 Å². The van der Waals surface area contributed by atoms with Gasteiger partial charge in [-0.2, -0.15) is 0 Å². The number of nitrogens with two attached hydrogens (primary N) is 1. The van der Waals surface area contributed by atoms with Crippen LogP contribution in [0.15, 0.2) is 36.5 Å². The number of pyridine rings is 1. The van der Waals surface area contributed by atoms with Gasteiger partial charge in [-0.3, -0.25) is 4.79 Å². The van der Waals surface area contributed by atoms with E-state index < -0.39 is 11.7 Å². The van der Waals surface area contributed by atoms with Crippen molar-refractivity contribution in [2.75, 3.05) is 11.1 Å². The minimum absolute atomic E-state index is 0.0121. The molecule has 0 saturated carbocycles. The van der Waals surface area contributed by atoms with Crippen LogP contribution < -0.4 is 11.1 Å². The smallest absolute Gasteiger partial charge is 0.258 e. The predicted octanol–water partition coefficient (Wildman–Crippen LogP) is 2.71. The summed E-state index contributed by atoms with van der Waals surface area (Å²) in [4.78, 5) is 15.6. The van der Waals surface area contributed by atoms with E-state index in [1.165, 1.54) is 30.5 Å². The molecule has 2 rings (SSSR count). The molecule has 0 aliphatic carbocycles. The number of carbonyl (C=O) groups excluding carboxylic acids is 1. The van der Waals surface area contributed by atoms with E-state index in [9.17, 15) is 9.18 Å². The summed E-state index contributed by atoms with van der Waals surface area (Å²) in [7, 11) is 0. The molecule has 3 N–H and O–H groups in total. The Morgan fingerprint density at radius 1 is 1.39 bits per heavy atom. The van der Waals surface area contributed by atoms with Crippen LogP contribution in [0.4, 0.5) is 15.8 Å². The summed E-state index contributed by atoms with van der Waals surface area (Å²) in [6.07, 6.45) is 1.34. The topological polar surface area (TPSA) is 68.0 Å². The highest BCUT2D eigenvalue weighted by Crippen LogP contribution is 2.19. The zero-order valence-corrected chi connectivity index (χ0v) is 9.91. The number of nitrogens with one attached hydrogen (secondary N) is 1. The molecule has 0 aliphatic rings. The van der Waals surface area contributed by atoms with Gasteiger partial charge in [-0.25, -0.2) is 9.37 Å². The Hall–Kier alpha value is -2.14. The summed E-state index contributed by atoms with van der Waals surface area (Å²) in [6.45, 7) is 0. The first-order valence-electron chi connectivity index (χ1n) is 5.05. The number of anilines is 2. The average Bonchev–Trinajstić information content (AvgIpc) is 2.35. The second-order valence-electron chi connectivity index (χ2n) is 3.54. The van der Waals surface area contributed by atoms with E-state index in [0.29, 0.717) is 5.69 Å². The lowest BCUT2D eigenvalue weighted by molar-refractivity contribution is 0.102. The molecule has 0 radical (unpaired) electrons. The number of hydrogen-bond acceptors (Lipinski definition) is 3. The van der Waals surface area contributed by atoms with Crippen molar-refractivity contribution in [3.05, 3.63) is 53.1 Å². The van der Waals surface area contributed by atoms with Crippen molar-refractivity contribution in [1.82, 2.24) is 4.98 Å². The molecule has 0 unspecified atom stereocenters. The lowest BCUT2D eigenvalue weighted by atomic mass is 10.2. The SMILES string of the molecule is Nc1cnc(Cl)c(C(=O)Nc2ccccc2F)c1. The zero-order chi connectivity index (χ0) is 13.1. The summed E-state index contributed by atoms with van der Waals surface area (Å²) >= 11 is 5.78. The molecule has 1 aromatic carbocycles. The molecule has 0 aliphatic heterocycles. The quantitative estimate of drug-likeness (QED) is 0.821. The van der Waals surface area contributed by atoms with Gasteiger partial charge in [0.15, 0.2) is 0 Å². The number of hydrogen-bond donors (Lipinski definition) is 2. The maximum Gasteiger partial charge on any atom is 0.258 e. The van der Waals surface area contributed by atoms with Crippen molar-refractivity contribution in [2.45, 2.75) is 0 Å². The fourth-order valence-electron chi connectivity index (χ4n) is 1.38. The standard InChI is InChI=1S/C12H9ClFN3O/c13-11-8(5-7(15)6-16-11)12(18)17-10-4-2-1-3-9(10)14/h1-6H,15H2,(H,17,18). The van der Waals surface area contributed by atoms with Crippen molar-refractivity contribution in [3.8, 4) is 0 Å². The van der Waals surface area contributed by atoms with Gasteiger partial charge >= 0.3 is 0 Å². The van der Waals surface area contributed by atoms with Gasteiger partial charge in [0.25, 0.3) is 5.91 Å². The molecule has 92 valence electrons. The number of nitrogen functional groups attached to an aromatic ring is 1. The van der Waals surface area contributed by atoms with Gasteiger partial charge in [-0.15, -0.1) is 0 Å². The Labute approximate surface area is 108 Å². The Bertz CT molecular complexity index is 604. The first-order chi connectivity index (χ1) is 8.58. The molecule has 0 spiro atoms. The average molecular weight is 266 g/mol. The Morgan fingerprint density at radius 2 is 2.11 bits per heavy atom. The fourth-order valence-corrected chi connectivity index (χ4v) is 1.56. The van der Waals surface area contributed by atoms with Gasteiger partial charge in [0, 0.05) is 0 Å². The van der Waals surface area contributed by atoms with Crippen LogP contribution in [0.3, 0.4) is 0 Å². The van der Waals surface area contributed by atoms with Gasteiger partial charge in [0.1, 0.15) is 11.0 Å². The highest BCUT2D eigenvalue weighted by molar-refractivity contribution is 6.33. The maximum absolute atomic E-state index is 13.4.